The van der Waals surface area contributed by atoms with Crippen LogP contribution in [0.1, 0.15) is 0 Å². The first-order valence-electron chi connectivity index (χ1n) is 2.21. The van der Waals surface area contributed by atoms with Crippen LogP contribution in [-0.2, 0) is 0 Å². The molecular formula is C4H3N3S2. The van der Waals surface area contributed by atoms with Crippen molar-refractivity contribution in [2.24, 2.45) is 0 Å². The SMILES string of the molecule is N#CC1SCSN1C#N. The molecule has 0 N–H and O–H groups in total. The number of rotatable bonds is 0. The number of thioether (sulfide) groups is 1. The summed E-state index contributed by atoms with van der Waals surface area (Å²) in [6.45, 7) is 0. The summed E-state index contributed by atoms with van der Waals surface area (Å²) in [4.78, 5) is 0. The predicted octanol–water partition coefficient (Wildman–Crippen LogP) is 0.972. The lowest BCUT2D eigenvalue weighted by atomic mass is 10.7. The quantitative estimate of drug-likeness (QED) is 0.387. The van der Waals surface area contributed by atoms with Crippen LogP contribution in [0.3, 0.4) is 0 Å². The van der Waals surface area contributed by atoms with Crippen molar-refractivity contribution in [2.75, 3.05) is 5.08 Å². The van der Waals surface area contributed by atoms with E-state index in [-0.39, 0.29) is 5.37 Å². The first-order chi connectivity index (χ1) is 4.38. The minimum Gasteiger partial charge on any atom is -0.225 e. The Labute approximate surface area is 61.8 Å². The summed E-state index contributed by atoms with van der Waals surface area (Å²) < 4.78 is 1.41. The number of hydrogen-bond donors (Lipinski definition) is 0. The fourth-order valence-corrected chi connectivity index (χ4v) is 2.53. The van der Waals surface area contributed by atoms with Crippen molar-refractivity contribution >= 4 is 23.7 Å². The van der Waals surface area contributed by atoms with E-state index < -0.39 is 0 Å². The summed E-state index contributed by atoms with van der Waals surface area (Å²) in [5, 5.41) is 17.3. The molecule has 46 valence electrons. The average Bonchev–Trinajstić information content (AvgIpc) is 2.33. The van der Waals surface area contributed by atoms with E-state index in [0.29, 0.717) is 0 Å². The van der Waals surface area contributed by atoms with E-state index >= 15 is 0 Å². The highest BCUT2D eigenvalue weighted by atomic mass is 32.2. The summed E-state index contributed by atoms with van der Waals surface area (Å²) in [7, 11) is 0. The summed E-state index contributed by atoms with van der Waals surface area (Å²) in [6.07, 6.45) is 1.92. The molecule has 1 atom stereocenters. The smallest absolute Gasteiger partial charge is 0.192 e. The van der Waals surface area contributed by atoms with Crippen molar-refractivity contribution in [1.82, 2.24) is 4.31 Å². The molecule has 0 amide bonds. The van der Waals surface area contributed by atoms with E-state index in [1.807, 2.05) is 12.3 Å². The van der Waals surface area contributed by atoms with Gasteiger partial charge in [0, 0.05) is 0 Å². The minimum atomic E-state index is -0.264. The van der Waals surface area contributed by atoms with Gasteiger partial charge in [-0.1, -0.05) is 0 Å². The largest absolute Gasteiger partial charge is 0.225 e. The summed E-state index contributed by atoms with van der Waals surface area (Å²) in [5.41, 5.74) is 0. The summed E-state index contributed by atoms with van der Waals surface area (Å²) >= 11 is 2.87. The Morgan fingerprint density at radius 1 is 1.56 bits per heavy atom. The first-order valence-corrected chi connectivity index (χ1v) is 4.20. The van der Waals surface area contributed by atoms with Crippen molar-refractivity contribution in [3.63, 3.8) is 0 Å². The van der Waals surface area contributed by atoms with E-state index in [1.54, 1.807) is 0 Å². The number of nitriles is 2. The predicted molar refractivity (Wildman–Crippen MR) is 36.9 cm³/mol. The normalized spacial score (nSPS) is 25.1. The molecule has 1 fully saturated rings. The molecule has 1 aliphatic heterocycles. The van der Waals surface area contributed by atoms with Gasteiger partial charge < -0.3 is 0 Å². The van der Waals surface area contributed by atoms with Crippen LogP contribution < -0.4 is 0 Å². The van der Waals surface area contributed by atoms with Gasteiger partial charge in [0.05, 0.1) is 5.08 Å². The van der Waals surface area contributed by atoms with Gasteiger partial charge in [0.15, 0.2) is 11.6 Å². The molecule has 5 heteroatoms. The maximum absolute atomic E-state index is 8.39. The highest BCUT2D eigenvalue weighted by Gasteiger charge is 2.24. The second-order valence-corrected chi connectivity index (χ2v) is 3.70. The van der Waals surface area contributed by atoms with E-state index in [9.17, 15) is 0 Å². The van der Waals surface area contributed by atoms with Gasteiger partial charge in [-0.05, 0) is 11.9 Å². The van der Waals surface area contributed by atoms with Crippen LogP contribution in [0.25, 0.3) is 0 Å². The third-order valence-electron chi connectivity index (χ3n) is 0.840. The topological polar surface area (TPSA) is 50.8 Å². The van der Waals surface area contributed by atoms with Crippen LogP contribution in [-0.4, -0.2) is 14.8 Å². The zero-order valence-electron chi connectivity index (χ0n) is 4.44. The van der Waals surface area contributed by atoms with Gasteiger partial charge in [-0.2, -0.15) is 10.5 Å². The Balaban J connectivity index is 2.57. The van der Waals surface area contributed by atoms with Gasteiger partial charge in [-0.15, -0.1) is 11.8 Å². The molecule has 1 aliphatic rings. The van der Waals surface area contributed by atoms with E-state index in [1.165, 1.54) is 28.0 Å². The van der Waals surface area contributed by atoms with Gasteiger partial charge in [0.1, 0.15) is 6.07 Å². The maximum atomic E-state index is 8.39. The molecule has 0 aromatic carbocycles. The fourth-order valence-electron chi connectivity index (χ4n) is 0.458. The Hall–Kier alpha value is -0.520. The van der Waals surface area contributed by atoms with E-state index in [2.05, 4.69) is 0 Å². The fraction of sp³-hybridized carbons (Fsp3) is 0.500. The first kappa shape index (κ1) is 6.60. The molecule has 0 radical (unpaired) electrons. The van der Waals surface area contributed by atoms with Gasteiger partial charge in [-0.3, -0.25) is 0 Å². The van der Waals surface area contributed by atoms with E-state index in [4.69, 9.17) is 10.5 Å². The van der Waals surface area contributed by atoms with Gasteiger partial charge in [0.25, 0.3) is 0 Å². The highest BCUT2D eigenvalue weighted by Crippen LogP contribution is 2.33. The zero-order chi connectivity index (χ0) is 6.69. The van der Waals surface area contributed by atoms with Gasteiger partial charge in [-0.25, -0.2) is 4.31 Å². The Bertz CT molecular complexity index is 159. The molecule has 0 aromatic heterocycles. The Morgan fingerprint density at radius 3 is 2.78 bits per heavy atom. The Morgan fingerprint density at radius 2 is 2.33 bits per heavy atom. The number of nitrogens with zero attached hydrogens (tertiary/aromatic N) is 3. The van der Waals surface area contributed by atoms with Crippen LogP contribution in [0.2, 0.25) is 0 Å². The van der Waals surface area contributed by atoms with E-state index in [0.717, 1.165) is 5.08 Å². The molecule has 0 bridgehead atoms. The van der Waals surface area contributed by atoms with Gasteiger partial charge in [0.2, 0.25) is 0 Å². The molecular weight excluding hydrogens is 154 g/mol. The monoisotopic (exact) mass is 157 g/mol. The molecule has 1 heterocycles. The van der Waals surface area contributed by atoms with Crippen molar-refractivity contribution in [1.29, 1.82) is 10.5 Å². The standard InChI is InChI=1S/C4H3N3S2/c5-1-4-7(2-6)9-3-8-4/h4H,3H2. The van der Waals surface area contributed by atoms with Crippen molar-refractivity contribution < 1.29 is 0 Å². The molecule has 3 nitrogen and oxygen atoms in total. The van der Waals surface area contributed by atoms with Crippen molar-refractivity contribution in [2.45, 2.75) is 5.37 Å². The summed E-state index contributed by atoms with van der Waals surface area (Å²) in [6, 6.07) is 2.01. The molecule has 1 rings (SSSR count). The zero-order valence-corrected chi connectivity index (χ0v) is 6.08. The minimum absolute atomic E-state index is 0.264. The van der Waals surface area contributed by atoms with Crippen LogP contribution in [0.5, 0.6) is 0 Å². The summed E-state index contributed by atoms with van der Waals surface area (Å²) in [5.74, 6) is 0. The Kier molecular flexibility index (Phi) is 2.10. The molecule has 0 saturated carbocycles. The second-order valence-electron chi connectivity index (χ2n) is 1.32. The third kappa shape index (κ3) is 1.24. The van der Waals surface area contributed by atoms with Crippen LogP contribution in [0, 0.1) is 22.8 Å². The molecule has 0 aliphatic carbocycles. The lowest BCUT2D eigenvalue weighted by Crippen LogP contribution is -2.13. The molecule has 0 aromatic rings. The van der Waals surface area contributed by atoms with Crippen molar-refractivity contribution in [3.8, 4) is 12.3 Å². The lowest BCUT2D eigenvalue weighted by Gasteiger charge is -2.04. The molecule has 1 unspecified atom stereocenters. The molecule has 1 saturated heterocycles. The van der Waals surface area contributed by atoms with Crippen LogP contribution in [0.15, 0.2) is 0 Å². The average molecular weight is 157 g/mol. The maximum Gasteiger partial charge on any atom is 0.192 e. The second kappa shape index (κ2) is 2.86. The highest BCUT2D eigenvalue weighted by molar-refractivity contribution is 8.18. The van der Waals surface area contributed by atoms with Crippen LogP contribution in [0.4, 0.5) is 0 Å². The van der Waals surface area contributed by atoms with Crippen LogP contribution >= 0.6 is 23.7 Å². The molecule has 9 heavy (non-hydrogen) atoms. The van der Waals surface area contributed by atoms with Gasteiger partial charge >= 0.3 is 0 Å². The lowest BCUT2D eigenvalue weighted by molar-refractivity contribution is 0.696. The molecule has 0 spiro atoms. The number of hydrogen-bond acceptors (Lipinski definition) is 5. The third-order valence-corrected chi connectivity index (χ3v) is 3.14. The van der Waals surface area contributed by atoms with Crippen molar-refractivity contribution in [3.05, 3.63) is 0 Å².